The van der Waals surface area contributed by atoms with Gasteiger partial charge in [-0.25, -0.2) is 4.79 Å². The summed E-state index contributed by atoms with van der Waals surface area (Å²) in [6.45, 7) is 6.16. The van der Waals surface area contributed by atoms with Crippen molar-refractivity contribution in [1.82, 2.24) is 24.5 Å². The summed E-state index contributed by atoms with van der Waals surface area (Å²) in [5.74, 6) is 0.309. The van der Waals surface area contributed by atoms with Crippen molar-refractivity contribution in [2.75, 3.05) is 57.8 Å². The third-order valence-corrected chi connectivity index (χ3v) is 5.85. The van der Waals surface area contributed by atoms with Crippen LogP contribution in [0.5, 0.6) is 0 Å². The molecule has 4 rings (SSSR count). The lowest BCUT2D eigenvalue weighted by atomic mass is 10.1. The van der Waals surface area contributed by atoms with E-state index in [-0.39, 0.29) is 6.03 Å². The Morgan fingerprint density at radius 2 is 2.00 bits per heavy atom. The van der Waals surface area contributed by atoms with Gasteiger partial charge in [0, 0.05) is 65.5 Å². The van der Waals surface area contributed by atoms with Crippen LogP contribution in [0.2, 0.25) is 0 Å². The summed E-state index contributed by atoms with van der Waals surface area (Å²) in [5.41, 5.74) is 0.886. The molecule has 26 heavy (non-hydrogen) atoms. The van der Waals surface area contributed by atoms with Crippen molar-refractivity contribution in [2.45, 2.75) is 31.7 Å². The molecule has 3 fully saturated rings. The van der Waals surface area contributed by atoms with E-state index in [1.54, 1.807) is 16.0 Å². The molecular weight excluding hydrogens is 332 g/mol. The number of carbonyl (C=O) groups is 2. The lowest BCUT2D eigenvalue weighted by Gasteiger charge is -2.28. The molecule has 1 atom stereocenters. The van der Waals surface area contributed by atoms with Crippen LogP contribution in [0.1, 0.15) is 31.7 Å². The van der Waals surface area contributed by atoms with Gasteiger partial charge in [-0.2, -0.15) is 5.10 Å². The van der Waals surface area contributed by atoms with Gasteiger partial charge in [0.25, 0.3) is 0 Å². The van der Waals surface area contributed by atoms with Crippen LogP contribution in [0.3, 0.4) is 0 Å². The Bertz CT molecular complexity index is 674. The van der Waals surface area contributed by atoms with Crippen LogP contribution in [0.25, 0.3) is 0 Å². The molecule has 0 N–H and O–H groups in total. The van der Waals surface area contributed by atoms with E-state index in [1.165, 1.54) is 0 Å². The molecule has 3 amide bonds. The van der Waals surface area contributed by atoms with Crippen molar-refractivity contribution >= 4 is 17.6 Å². The van der Waals surface area contributed by atoms with Crippen molar-refractivity contribution in [3.63, 3.8) is 0 Å². The zero-order chi connectivity index (χ0) is 18.1. The highest BCUT2D eigenvalue weighted by Gasteiger charge is 2.30. The van der Waals surface area contributed by atoms with Gasteiger partial charge >= 0.3 is 6.03 Å². The molecular formula is C18H28N6O2. The maximum Gasteiger partial charge on any atom is 0.324 e. The second-order valence-electron chi connectivity index (χ2n) is 7.62. The molecule has 0 spiro atoms. The molecule has 3 saturated heterocycles. The van der Waals surface area contributed by atoms with Gasteiger partial charge in [0.2, 0.25) is 5.91 Å². The predicted molar refractivity (Wildman–Crippen MR) is 98.1 cm³/mol. The molecule has 0 saturated carbocycles. The first-order chi connectivity index (χ1) is 12.6. The lowest BCUT2D eigenvalue weighted by molar-refractivity contribution is -0.133. The van der Waals surface area contributed by atoms with Gasteiger partial charge in [-0.1, -0.05) is 0 Å². The maximum absolute atomic E-state index is 12.1. The number of nitrogens with zero attached hydrogens (tertiary/aromatic N) is 6. The van der Waals surface area contributed by atoms with E-state index in [1.807, 2.05) is 22.8 Å². The number of carbonyl (C=O) groups excluding carboxylic acids is 2. The quantitative estimate of drug-likeness (QED) is 0.786. The van der Waals surface area contributed by atoms with E-state index in [0.717, 1.165) is 70.8 Å². The summed E-state index contributed by atoms with van der Waals surface area (Å²) in [4.78, 5) is 32.0. The first-order valence-electron chi connectivity index (χ1n) is 9.69. The van der Waals surface area contributed by atoms with Gasteiger partial charge in [-0.15, -0.1) is 0 Å². The number of hydrogen-bond acceptors (Lipinski definition) is 4. The Balaban J connectivity index is 1.30. The number of hydrogen-bond donors (Lipinski definition) is 0. The van der Waals surface area contributed by atoms with Crippen LogP contribution in [0, 0.1) is 0 Å². The standard InChI is InChI=1S/C18H28N6O2/c1-20-8-11-23(18(20)26)16-12-19-24(14-16)15-5-7-21(13-15)9-10-22-6-3-2-4-17(22)25/h12,14-15H,2-11,13H2,1H3. The van der Waals surface area contributed by atoms with Gasteiger partial charge in [0.15, 0.2) is 0 Å². The van der Waals surface area contributed by atoms with E-state index in [4.69, 9.17) is 0 Å². The molecule has 142 valence electrons. The number of urea groups is 1. The average molecular weight is 360 g/mol. The molecule has 1 unspecified atom stereocenters. The molecule has 0 aromatic carbocycles. The van der Waals surface area contributed by atoms with E-state index in [0.29, 0.717) is 18.4 Å². The van der Waals surface area contributed by atoms with Crippen LogP contribution in [0.4, 0.5) is 10.5 Å². The van der Waals surface area contributed by atoms with Gasteiger partial charge in [0.1, 0.15) is 0 Å². The summed E-state index contributed by atoms with van der Waals surface area (Å²) in [7, 11) is 1.83. The summed E-state index contributed by atoms with van der Waals surface area (Å²) in [5, 5.41) is 4.51. The van der Waals surface area contributed by atoms with Gasteiger partial charge < -0.3 is 9.80 Å². The Kier molecular flexibility index (Phi) is 4.84. The minimum Gasteiger partial charge on any atom is -0.341 e. The second-order valence-corrected chi connectivity index (χ2v) is 7.62. The molecule has 0 radical (unpaired) electrons. The number of aromatic nitrogens is 2. The first kappa shape index (κ1) is 17.3. The highest BCUT2D eigenvalue weighted by atomic mass is 16.2. The van der Waals surface area contributed by atoms with Gasteiger partial charge in [-0.3, -0.25) is 19.3 Å². The lowest BCUT2D eigenvalue weighted by Crippen LogP contribution is -2.40. The Labute approximate surface area is 154 Å². The molecule has 4 heterocycles. The minimum atomic E-state index is 0.0452. The Morgan fingerprint density at radius 3 is 2.77 bits per heavy atom. The number of anilines is 1. The molecule has 8 nitrogen and oxygen atoms in total. The van der Waals surface area contributed by atoms with E-state index in [2.05, 4.69) is 10.00 Å². The summed E-state index contributed by atoms with van der Waals surface area (Å²) in [6, 6.07) is 0.389. The van der Waals surface area contributed by atoms with Crippen LogP contribution >= 0.6 is 0 Å². The molecule has 1 aromatic rings. The zero-order valence-electron chi connectivity index (χ0n) is 15.5. The smallest absolute Gasteiger partial charge is 0.324 e. The monoisotopic (exact) mass is 360 g/mol. The van der Waals surface area contributed by atoms with E-state index in [9.17, 15) is 9.59 Å². The molecule has 0 aliphatic carbocycles. The van der Waals surface area contributed by atoms with Crippen molar-refractivity contribution in [2.24, 2.45) is 0 Å². The number of amides is 3. The van der Waals surface area contributed by atoms with E-state index < -0.39 is 0 Å². The van der Waals surface area contributed by atoms with Gasteiger partial charge in [-0.05, 0) is 19.3 Å². The maximum atomic E-state index is 12.1. The van der Waals surface area contributed by atoms with Crippen molar-refractivity contribution in [1.29, 1.82) is 0 Å². The fraction of sp³-hybridized carbons (Fsp3) is 0.722. The minimum absolute atomic E-state index is 0.0452. The van der Waals surface area contributed by atoms with Gasteiger partial charge in [0.05, 0.1) is 17.9 Å². The summed E-state index contributed by atoms with van der Waals surface area (Å²) in [6.07, 6.45) is 7.74. The highest BCUT2D eigenvalue weighted by molar-refractivity contribution is 5.93. The molecule has 3 aliphatic heterocycles. The topological polar surface area (TPSA) is 64.9 Å². The predicted octanol–water partition coefficient (Wildman–Crippen LogP) is 1.01. The van der Waals surface area contributed by atoms with Crippen LogP contribution in [0.15, 0.2) is 12.4 Å². The first-order valence-corrected chi connectivity index (χ1v) is 9.69. The Hall–Kier alpha value is -2.09. The fourth-order valence-electron chi connectivity index (χ4n) is 4.15. The second kappa shape index (κ2) is 7.26. The average Bonchev–Trinajstić information content (AvgIpc) is 3.36. The van der Waals surface area contributed by atoms with Crippen LogP contribution in [-0.4, -0.2) is 89.3 Å². The molecule has 3 aliphatic rings. The highest BCUT2D eigenvalue weighted by Crippen LogP contribution is 2.25. The van der Waals surface area contributed by atoms with Crippen LogP contribution < -0.4 is 4.90 Å². The third kappa shape index (κ3) is 3.42. The fourth-order valence-corrected chi connectivity index (χ4v) is 4.15. The number of piperidine rings is 1. The molecule has 8 heteroatoms. The molecule has 1 aromatic heterocycles. The number of rotatable bonds is 5. The number of likely N-dealkylation sites (tertiary alicyclic amines) is 2. The zero-order valence-corrected chi connectivity index (χ0v) is 15.5. The SMILES string of the molecule is CN1CCN(c2cnn(C3CCN(CCN4CCCCC4=O)C3)c2)C1=O. The molecule has 0 bridgehead atoms. The van der Waals surface area contributed by atoms with Crippen molar-refractivity contribution < 1.29 is 9.59 Å². The third-order valence-electron chi connectivity index (χ3n) is 5.85. The normalized spacial score (nSPS) is 25.0. The van der Waals surface area contributed by atoms with Crippen LogP contribution in [-0.2, 0) is 4.79 Å². The van der Waals surface area contributed by atoms with Crippen molar-refractivity contribution in [3.8, 4) is 0 Å². The summed E-state index contributed by atoms with van der Waals surface area (Å²) < 4.78 is 2.01. The summed E-state index contributed by atoms with van der Waals surface area (Å²) >= 11 is 0. The van der Waals surface area contributed by atoms with Crippen molar-refractivity contribution in [3.05, 3.63) is 12.4 Å². The Morgan fingerprint density at radius 1 is 1.12 bits per heavy atom. The number of likely N-dealkylation sites (N-methyl/N-ethyl adjacent to an activating group) is 1. The van der Waals surface area contributed by atoms with E-state index >= 15 is 0 Å². The largest absolute Gasteiger partial charge is 0.341 e.